The summed E-state index contributed by atoms with van der Waals surface area (Å²) in [7, 11) is 0. The summed E-state index contributed by atoms with van der Waals surface area (Å²) >= 11 is 13.5. The van der Waals surface area contributed by atoms with E-state index in [4.69, 9.17) is 27.9 Å². The predicted octanol–water partition coefficient (Wildman–Crippen LogP) is 4.68. The number of benzene rings is 2. The van der Waals surface area contributed by atoms with E-state index in [1.807, 2.05) is 18.2 Å². The number of hydrogen-bond donors (Lipinski definition) is 1. The first kappa shape index (κ1) is 19.5. The second kappa shape index (κ2) is 8.61. The number of rotatable bonds is 4. The number of hydrogen-bond acceptors (Lipinski definition) is 4. The molecule has 2 aromatic rings. The number of nitrogens with zero attached hydrogens (tertiary/aromatic N) is 1. The summed E-state index contributed by atoms with van der Waals surface area (Å²) in [4.78, 5) is 27.2. The highest BCUT2D eigenvalue weighted by Crippen LogP contribution is 2.31. The molecule has 0 unspecified atom stereocenters. The maximum atomic E-state index is 11.9. The third-order valence-corrected chi connectivity index (χ3v) is 5.06. The Morgan fingerprint density at radius 2 is 2.00 bits per heavy atom. The van der Waals surface area contributed by atoms with Crippen LogP contribution in [0.4, 0.5) is 0 Å². The van der Waals surface area contributed by atoms with E-state index in [0.717, 1.165) is 22.9 Å². The second-order valence-electron chi connectivity index (χ2n) is 5.58. The van der Waals surface area contributed by atoms with Gasteiger partial charge in [-0.05, 0) is 41.6 Å². The normalized spacial score (nSPS) is 15.0. The summed E-state index contributed by atoms with van der Waals surface area (Å²) in [6.45, 7) is 1.65. The molecule has 0 fully saturated rings. The molecule has 0 saturated carbocycles. The van der Waals surface area contributed by atoms with Crippen LogP contribution in [0.2, 0.25) is 10.0 Å². The molecule has 2 aromatic carbocycles. The fourth-order valence-electron chi connectivity index (χ4n) is 2.26. The Hall–Kier alpha value is -2.28. The first-order valence-corrected chi connectivity index (χ1v) is 9.45. The van der Waals surface area contributed by atoms with E-state index >= 15 is 0 Å². The van der Waals surface area contributed by atoms with E-state index in [-0.39, 0.29) is 11.1 Å². The molecule has 0 aliphatic carbocycles. The fraction of sp³-hybridized carbons (Fsp3) is 0.105. The SMILES string of the molecule is CC(=O)NC1=NC(=O)C(=Cc2ccc(OCc3ccccc3Cl)c(Cl)c2)S1. The van der Waals surface area contributed by atoms with Crippen molar-refractivity contribution < 1.29 is 14.3 Å². The van der Waals surface area contributed by atoms with E-state index in [2.05, 4.69) is 10.3 Å². The van der Waals surface area contributed by atoms with Gasteiger partial charge in [-0.25, -0.2) is 0 Å². The fourth-order valence-corrected chi connectivity index (χ4v) is 3.55. The molecule has 5 nitrogen and oxygen atoms in total. The highest BCUT2D eigenvalue weighted by Gasteiger charge is 2.22. The van der Waals surface area contributed by atoms with Crippen LogP contribution in [0.25, 0.3) is 6.08 Å². The van der Waals surface area contributed by atoms with E-state index < -0.39 is 5.91 Å². The molecule has 0 atom stereocenters. The molecule has 0 aromatic heterocycles. The van der Waals surface area contributed by atoms with Crippen LogP contribution in [-0.4, -0.2) is 17.0 Å². The smallest absolute Gasteiger partial charge is 0.286 e. The van der Waals surface area contributed by atoms with Gasteiger partial charge in [0, 0.05) is 17.5 Å². The number of ether oxygens (including phenoxy) is 1. The van der Waals surface area contributed by atoms with Crippen LogP contribution < -0.4 is 10.1 Å². The average molecular weight is 421 g/mol. The van der Waals surface area contributed by atoms with Crippen LogP contribution in [-0.2, 0) is 16.2 Å². The third kappa shape index (κ3) is 5.13. The van der Waals surface area contributed by atoms with Gasteiger partial charge < -0.3 is 10.1 Å². The van der Waals surface area contributed by atoms with E-state index in [9.17, 15) is 9.59 Å². The Morgan fingerprint density at radius 1 is 1.22 bits per heavy atom. The highest BCUT2D eigenvalue weighted by atomic mass is 35.5. The van der Waals surface area contributed by atoms with Crippen molar-refractivity contribution >= 4 is 58.0 Å². The first-order valence-electron chi connectivity index (χ1n) is 7.88. The number of aliphatic imine (C=N–C) groups is 1. The van der Waals surface area contributed by atoms with Gasteiger partial charge in [0.1, 0.15) is 12.4 Å². The summed E-state index contributed by atoms with van der Waals surface area (Å²) in [6.07, 6.45) is 1.66. The molecule has 1 aliphatic heterocycles. The maximum Gasteiger partial charge on any atom is 0.286 e. The van der Waals surface area contributed by atoms with Gasteiger partial charge in [-0.15, -0.1) is 0 Å². The minimum atomic E-state index is -0.404. The second-order valence-corrected chi connectivity index (χ2v) is 7.43. The van der Waals surface area contributed by atoms with Gasteiger partial charge in [-0.2, -0.15) is 4.99 Å². The molecule has 0 spiro atoms. The minimum Gasteiger partial charge on any atom is -0.487 e. The summed E-state index contributed by atoms with van der Waals surface area (Å²) in [6, 6.07) is 12.6. The molecular weight excluding hydrogens is 407 g/mol. The third-order valence-electron chi connectivity index (χ3n) is 3.50. The molecule has 3 rings (SSSR count). The molecular formula is C19H14Cl2N2O3S. The lowest BCUT2D eigenvalue weighted by atomic mass is 10.2. The van der Waals surface area contributed by atoms with Crippen LogP contribution in [0.15, 0.2) is 52.4 Å². The predicted molar refractivity (Wildman–Crippen MR) is 109 cm³/mol. The quantitative estimate of drug-likeness (QED) is 0.729. The van der Waals surface area contributed by atoms with Crippen molar-refractivity contribution in [2.75, 3.05) is 0 Å². The monoisotopic (exact) mass is 420 g/mol. The van der Waals surface area contributed by atoms with Crippen LogP contribution in [0.5, 0.6) is 5.75 Å². The zero-order chi connectivity index (χ0) is 19.4. The van der Waals surface area contributed by atoms with Crippen LogP contribution in [0.3, 0.4) is 0 Å². The van der Waals surface area contributed by atoms with E-state index in [0.29, 0.717) is 27.3 Å². The molecule has 1 heterocycles. The van der Waals surface area contributed by atoms with Gasteiger partial charge in [-0.1, -0.05) is 47.5 Å². The lowest BCUT2D eigenvalue weighted by Crippen LogP contribution is -2.23. The lowest BCUT2D eigenvalue weighted by molar-refractivity contribution is -0.117. The Bertz CT molecular complexity index is 973. The number of nitrogens with one attached hydrogen (secondary N) is 1. The van der Waals surface area contributed by atoms with Crippen LogP contribution >= 0.6 is 35.0 Å². The molecule has 1 N–H and O–H groups in total. The molecule has 27 heavy (non-hydrogen) atoms. The molecule has 0 radical (unpaired) electrons. The number of halogens is 2. The molecule has 1 aliphatic rings. The Morgan fingerprint density at radius 3 is 2.70 bits per heavy atom. The van der Waals surface area contributed by atoms with Crippen LogP contribution in [0.1, 0.15) is 18.1 Å². The number of amides is 2. The number of carbonyl (C=O) groups excluding carboxylic acids is 2. The van der Waals surface area contributed by atoms with Crippen molar-refractivity contribution in [1.82, 2.24) is 5.32 Å². The van der Waals surface area contributed by atoms with Crippen molar-refractivity contribution in [3.8, 4) is 5.75 Å². The number of thioether (sulfide) groups is 1. The van der Waals surface area contributed by atoms with Crippen LogP contribution in [0, 0.1) is 0 Å². The lowest BCUT2D eigenvalue weighted by Gasteiger charge is -2.10. The van der Waals surface area contributed by atoms with Gasteiger partial charge in [-0.3, -0.25) is 9.59 Å². The topological polar surface area (TPSA) is 67.8 Å². The molecule has 2 amide bonds. The van der Waals surface area contributed by atoms with Gasteiger partial charge in [0.2, 0.25) is 5.91 Å². The zero-order valence-electron chi connectivity index (χ0n) is 14.2. The summed E-state index contributed by atoms with van der Waals surface area (Å²) in [5.74, 6) is -0.170. The Kier molecular flexibility index (Phi) is 6.21. The Balaban J connectivity index is 1.69. The van der Waals surface area contributed by atoms with Crippen molar-refractivity contribution in [2.45, 2.75) is 13.5 Å². The highest BCUT2D eigenvalue weighted by molar-refractivity contribution is 8.18. The standard InChI is InChI=1S/C19H14Cl2N2O3S/c1-11(24)22-19-23-18(25)17(27-19)9-12-6-7-16(15(21)8-12)26-10-13-4-2-3-5-14(13)20/h2-9H,10H2,1H3,(H,22,23,24,25). The number of carbonyl (C=O) groups is 2. The molecule has 0 saturated heterocycles. The Labute approximate surface area is 170 Å². The maximum absolute atomic E-state index is 11.9. The van der Waals surface area contributed by atoms with Crippen molar-refractivity contribution in [1.29, 1.82) is 0 Å². The summed E-state index contributed by atoms with van der Waals surface area (Å²) < 4.78 is 5.73. The largest absolute Gasteiger partial charge is 0.487 e. The van der Waals surface area contributed by atoms with Crippen molar-refractivity contribution in [2.24, 2.45) is 4.99 Å². The number of amidine groups is 1. The average Bonchev–Trinajstić information content (AvgIpc) is 2.94. The zero-order valence-corrected chi connectivity index (χ0v) is 16.5. The van der Waals surface area contributed by atoms with E-state index in [1.54, 1.807) is 30.3 Å². The summed E-state index contributed by atoms with van der Waals surface area (Å²) in [5.41, 5.74) is 1.58. The van der Waals surface area contributed by atoms with E-state index in [1.165, 1.54) is 6.92 Å². The first-order chi connectivity index (χ1) is 12.9. The molecule has 0 bridgehead atoms. The summed E-state index contributed by atoms with van der Waals surface area (Å²) in [5, 5.41) is 3.81. The minimum absolute atomic E-state index is 0.268. The van der Waals surface area contributed by atoms with Gasteiger partial charge in [0.05, 0.1) is 9.93 Å². The molecule has 8 heteroatoms. The molecule has 138 valence electrons. The van der Waals surface area contributed by atoms with Gasteiger partial charge >= 0.3 is 0 Å². The van der Waals surface area contributed by atoms with Crippen molar-refractivity contribution in [3.05, 3.63) is 68.5 Å². The van der Waals surface area contributed by atoms with Gasteiger partial charge in [0.15, 0.2) is 5.17 Å². The van der Waals surface area contributed by atoms with Crippen molar-refractivity contribution in [3.63, 3.8) is 0 Å². The van der Waals surface area contributed by atoms with Gasteiger partial charge in [0.25, 0.3) is 5.91 Å².